The largest absolute Gasteiger partial charge is 0.473 e. The lowest BCUT2D eigenvalue weighted by molar-refractivity contribution is 0.282. The van der Waals surface area contributed by atoms with E-state index in [2.05, 4.69) is 26.0 Å². The molecule has 2 rings (SSSR count). The zero-order chi connectivity index (χ0) is 17.7. The van der Waals surface area contributed by atoms with Crippen molar-refractivity contribution in [3.63, 3.8) is 0 Å². The van der Waals surface area contributed by atoms with Gasteiger partial charge in [0.05, 0.1) is 12.5 Å². The van der Waals surface area contributed by atoms with Crippen molar-refractivity contribution in [2.45, 2.75) is 104 Å². The summed E-state index contributed by atoms with van der Waals surface area (Å²) in [7, 11) is 0. The topological polar surface area (TPSA) is 9.23 Å². The summed E-state index contributed by atoms with van der Waals surface area (Å²) in [5.41, 5.74) is 0. The Hall–Kier alpha value is -0.720. The zero-order valence-corrected chi connectivity index (χ0v) is 16.9. The molecule has 2 saturated carbocycles. The van der Waals surface area contributed by atoms with Crippen molar-refractivity contribution < 1.29 is 4.74 Å². The lowest BCUT2D eigenvalue weighted by Gasteiger charge is -2.26. The molecule has 2 aliphatic rings. The van der Waals surface area contributed by atoms with Crippen LogP contribution in [0, 0.1) is 23.7 Å². The Labute approximate surface area is 157 Å². The highest BCUT2D eigenvalue weighted by Crippen LogP contribution is 2.33. The normalized spacial score (nSPS) is 31.0. The van der Waals surface area contributed by atoms with Crippen LogP contribution in [0.4, 0.5) is 0 Å². The third-order valence-corrected chi connectivity index (χ3v) is 6.57. The first-order valence-electron chi connectivity index (χ1n) is 11.3. The molecule has 1 heteroatoms. The fraction of sp³-hybridized carbons (Fsp3) is 0.833. The second-order valence-corrected chi connectivity index (χ2v) is 8.64. The molecule has 0 aromatic rings. The molecule has 144 valence electrons. The maximum absolute atomic E-state index is 5.66. The number of allylic oxidation sites excluding steroid dienone is 2. The summed E-state index contributed by atoms with van der Waals surface area (Å²) in [5, 5.41) is 0. The fourth-order valence-electron chi connectivity index (χ4n) is 4.68. The third kappa shape index (κ3) is 8.47. The lowest BCUT2D eigenvalue weighted by Crippen LogP contribution is -2.13. The van der Waals surface area contributed by atoms with E-state index in [-0.39, 0.29) is 0 Å². The molecule has 0 radical (unpaired) electrons. The Kier molecular flexibility index (Phi) is 10.4. The van der Waals surface area contributed by atoms with Crippen molar-refractivity contribution >= 4 is 0 Å². The monoisotopic (exact) mass is 346 g/mol. The molecule has 0 heterocycles. The minimum atomic E-state index is 0.750. The van der Waals surface area contributed by atoms with Crippen LogP contribution in [-0.2, 0) is 4.74 Å². The van der Waals surface area contributed by atoms with Crippen LogP contribution >= 0.6 is 0 Å². The lowest BCUT2D eigenvalue weighted by atomic mass is 9.80. The van der Waals surface area contributed by atoms with Gasteiger partial charge in [-0.05, 0) is 87.2 Å². The Morgan fingerprint density at radius 3 is 1.40 bits per heavy atom. The average molecular weight is 347 g/mol. The van der Waals surface area contributed by atoms with E-state index < -0.39 is 0 Å². The van der Waals surface area contributed by atoms with Gasteiger partial charge in [-0.2, -0.15) is 0 Å². The number of hydrogen-bond acceptors (Lipinski definition) is 1. The van der Waals surface area contributed by atoms with E-state index in [0.29, 0.717) is 0 Å². The Balaban J connectivity index is 1.54. The Bertz CT molecular complexity index is 332. The maximum Gasteiger partial charge on any atom is 0.0864 e. The highest BCUT2D eigenvalue weighted by molar-refractivity contribution is 4.91. The molecule has 0 aromatic carbocycles. The molecule has 25 heavy (non-hydrogen) atoms. The van der Waals surface area contributed by atoms with E-state index in [0.717, 1.165) is 23.7 Å². The van der Waals surface area contributed by atoms with Crippen molar-refractivity contribution in [1.82, 2.24) is 0 Å². The molecule has 0 aromatic heterocycles. The van der Waals surface area contributed by atoms with Gasteiger partial charge in [-0.3, -0.25) is 0 Å². The fourth-order valence-corrected chi connectivity index (χ4v) is 4.68. The highest BCUT2D eigenvalue weighted by atomic mass is 16.5. The molecule has 0 N–H and O–H groups in total. The van der Waals surface area contributed by atoms with Crippen molar-refractivity contribution in [3.8, 4) is 0 Å². The van der Waals surface area contributed by atoms with Crippen molar-refractivity contribution in [3.05, 3.63) is 24.7 Å². The predicted octanol–water partition coefficient (Wildman–Crippen LogP) is 8.02. The van der Waals surface area contributed by atoms with Crippen molar-refractivity contribution in [2.75, 3.05) is 0 Å². The van der Waals surface area contributed by atoms with Crippen LogP contribution in [0.15, 0.2) is 24.7 Å². The number of hydrogen-bond donors (Lipinski definition) is 0. The molecule has 0 spiro atoms. The third-order valence-electron chi connectivity index (χ3n) is 6.57. The predicted molar refractivity (Wildman–Crippen MR) is 109 cm³/mol. The standard InChI is InChI=1S/C24H42O/c1-3-5-7-21-9-13-23(14-10-21)17-19-25-20-18-24-15-11-22(12-16-24)8-6-4-2/h17-24H,3-16H2,1-2H3. The first kappa shape index (κ1) is 20.6. The quantitative estimate of drug-likeness (QED) is 0.364. The minimum absolute atomic E-state index is 0.750. The summed E-state index contributed by atoms with van der Waals surface area (Å²) >= 11 is 0. The summed E-state index contributed by atoms with van der Waals surface area (Å²) in [6.45, 7) is 4.61. The molecule has 0 atom stereocenters. The van der Waals surface area contributed by atoms with Crippen LogP contribution in [0.5, 0.6) is 0 Å². The van der Waals surface area contributed by atoms with Crippen LogP contribution in [0.2, 0.25) is 0 Å². The first-order chi connectivity index (χ1) is 12.3. The van der Waals surface area contributed by atoms with Crippen LogP contribution in [-0.4, -0.2) is 0 Å². The van der Waals surface area contributed by atoms with Crippen LogP contribution in [0.1, 0.15) is 104 Å². The van der Waals surface area contributed by atoms with Gasteiger partial charge in [0, 0.05) is 0 Å². The maximum atomic E-state index is 5.66. The molecule has 0 amide bonds. The molecular formula is C24H42O. The molecule has 0 saturated heterocycles. The number of rotatable bonds is 10. The van der Waals surface area contributed by atoms with Crippen LogP contribution in [0.3, 0.4) is 0 Å². The van der Waals surface area contributed by atoms with E-state index in [1.165, 1.54) is 89.9 Å². The van der Waals surface area contributed by atoms with Gasteiger partial charge in [0.15, 0.2) is 0 Å². The highest BCUT2D eigenvalue weighted by Gasteiger charge is 2.19. The van der Waals surface area contributed by atoms with E-state index in [1.807, 2.05) is 12.5 Å². The van der Waals surface area contributed by atoms with E-state index in [4.69, 9.17) is 4.74 Å². The average Bonchev–Trinajstić information content (AvgIpc) is 2.66. The van der Waals surface area contributed by atoms with Crippen LogP contribution < -0.4 is 0 Å². The van der Waals surface area contributed by atoms with Gasteiger partial charge in [-0.25, -0.2) is 0 Å². The molecular weight excluding hydrogens is 304 g/mol. The Morgan fingerprint density at radius 2 is 1.04 bits per heavy atom. The molecule has 2 aliphatic carbocycles. The molecule has 0 aliphatic heterocycles. The number of unbranched alkanes of at least 4 members (excludes halogenated alkanes) is 2. The molecule has 0 bridgehead atoms. The molecule has 2 fully saturated rings. The minimum Gasteiger partial charge on any atom is -0.473 e. The van der Waals surface area contributed by atoms with Gasteiger partial charge in [-0.1, -0.05) is 52.4 Å². The van der Waals surface area contributed by atoms with Gasteiger partial charge in [0.2, 0.25) is 0 Å². The van der Waals surface area contributed by atoms with Gasteiger partial charge < -0.3 is 4.74 Å². The second-order valence-electron chi connectivity index (χ2n) is 8.64. The van der Waals surface area contributed by atoms with Crippen molar-refractivity contribution in [1.29, 1.82) is 0 Å². The summed E-state index contributed by atoms with van der Waals surface area (Å²) in [6, 6.07) is 0. The van der Waals surface area contributed by atoms with Crippen molar-refractivity contribution in [2.24, 2.45) is 23.7 Å². The first-order valence-corrected chi connectivity index (χ1v) is 11.3. The molecule has 0 unspecified atom stereocenters. The summed E-state index contributed by atoms with van der Waals surface area (Å²) in [6.07, 6.45) is 28.1. The van der Waals surface area contributed by atoms with Gasteiger partial charge in [0.1, 0.15) is 0 Å². The van der Waals surface area contributed by atoms with E-state index >= 15 is 0 Å². The van der Waals surface area contributed by atoms with Gasteiger partial charge >= 0.3 is 0 Å². The summed E-state index contributed by atoms with van der Waals surface area (Å²) in [5.74, 6) is 3.50. The van der Waals surface area contributed by atoms with E-state index in [9.17, 15) is 0 Å². The van der Waals surface area contributed by atoms with Crippen LogP contribution in [0.25, 0.3) is 0 Å². The summed E-state index contributed by atoms with van der Waals surface area (Å²) in [4.78, 5) is 0. The summed E-state index contributed by atoms with van der Waals surface area (Å²) < 4.78 is 5.66. The SMILES string of the molecule is CCCCC1CCC(C=COC=CC2CCC(CCCC)CC2)CC1. The van der Waals surface area contributed by atoms with E-state index in [1.54, 1.807) is 0 Å². The Morgan fingerprint density at radius 1 is 0.640 bits per heavy atom. The number of ether oxygens (including phenoxy) is 1. The smallest absolute Gasteiger partial charge is 0.0864 e. The molecule has 1 nitrogen and oxygen atoms in total. The zero-order valence-electron chi connectivity index (χ0n) is 16.9. The van der Waals surface area contributed by atoms with Gasteiger partial charge in [-0.15, -0.1) is 0 Å². The van der Waals surface area contributed by atoms with Gasteiger partial charge in [0.25, 0.3) is 0 Å². The second kappa shape index (κ2) is 12.6.